The lowest BCUT2D eigenvalue weighted by Gasteiger charge is -2.42. The molecule has 106 valence electrons. The van der Waals surface area contributed by atoms with Crippen LogP contribution in [-0.4, -0.2) is 0 Å². The zero-order chi connectivity index (χ0) is 13.1. The fourth-order valence-electron chi connectivity index (χ4n) is 4.67. The molecule has 18 heavy (non-hydrogen) atoms. The summed E-state index contributed by atoms with van der Waals surface area (Å²) >= 11 is 0. The molecule has 0 amide bonds. The smallest absolute Gasteiger partial charge is 0.0383 e. The molecule has 0 aromatic rings. The van der Waals surface area contributed by atoms with Gasteiger partial charge in [0, 0.05) is 0 Å². The molecule has 2 aliphatic carbocycles. The van der Waals surface area contributed by atoms with E-state index in [0.717, 1.165) is 35.5 Å². The Kier molecular flexibility index (Phi) is 5.15. The molecule has 0 heterocycles. The minimum Gasteiger partial charge on any atom is -0.0654 e. The van der Waals surface area contributed by atoms with Crippen molar-refractivity contribution in [3.05, 3.63) is 0 Å². The quantitative estimate of drug-likeness (QED) is 0.584. The Labute approximate surface area is 115 Å². The van der Waals surface area contributed by atoms with Gasteiger partial charge in [0.2, 0.25) is 0 Å². The predicted molar refractivity (Wildman–Crippen MR) is 80.6 cm³/mol. The van der Waals surface area contributed by atoms with Crippen LogP contribution in [0.2, 0.25) is 0 Å². The van der Waals surface area contributed by atoms with Crippen molar-refractivity contribution >= 4 is 0 Å². The van der Waals surface area contributed by atoms with Crippen molar-refractivity contribution in [2.75, 3.05) is 0 Å². The third-order valence-electron chi connectivity index (χ3n) is 6.37. The molecule has 2 aliphatic rings. The van der Waals surface area contributed by atoms with Crippen LogP contribution in [0.4, 0.5) is 0 Å². The van der Waals surface area contributed by atoms with E-state index in [4.69, 9.17) is 0 Å². The fraction of sp³-hybridized carbons (Fsp3) is 1.00. The lowest BCUT2D eigenvalue weighted by Crippen LogP contribution is -2.32. The number of hydrogen-bond acceptors (Lipinski definition) is 0. The standard InChI is InChI=1S/C18H34/c1-5-6-16-12-18(10-8-14(16)3)17-9-7-13(2)15(4)11-17/h13-18H,5-12H2,1-4H3. The second kappa shape index (κ2) is 6.44. The van der Waals surface area contributed by atoms with Gasteiger partial charge in [-0.3, -0.25) is 0 Å². The first kappa shape index (κ1) is 14.4. The molecule has 0 radical (unpaired) electrons. The van der Waals surface area contributed by atoms with Crippen molar-refractivity contribution in [3.63, 3.8) is 0 Å². The van der Waals surface area contributed by atoms with Crippen molar-refractivity contribution in [1.29, 1.82) is 0 Å². The molecule has 2 fully saturated rings. The van der Waals surface area contributed by atoms with Gasteiger partial charge in [0.15, 0.2) is 0 Å². The van der Waals surface area contributed by atoms with Gasteiger partial charge < -0.3 is 0 Å². The van der Waals surface area contributed by atoms with Crippen LogP contribution in [0.15, 0.2) is 0 Å². The minimum atomic E-state index is 0.979. The maximum Gasteiger partial charge on any atom is -0.0383 e. The van der Waals surface area contributed by atoms with Crippen LogP contribution in [0.3, 0.4) is 0 Å². The highest BCUT2D eigenvalue weighted by molar-refractivity contribution is 4.85. The Morgan fingerprint density at radius 2 is 1.33 bits per heavy atom. The van der Waals surface area contributed by atoms with Gasteiger partial charge in [-0.2, -0.15) is 0 Å². The molecule has 2 saturated carbocycles. The van der Waals surface area contributed by atoms with Crippen LogP contribution in [0.1, 0.15) is 79.1 Å². The second-order valence-electron chi connectivity index (χ2n) is 7.63. The van der Waals surface area contributed by atoms with E-state index >= 15 is 0 Å². The van der Waals surface area contributed by atoms with E-state index in [0.29, 0.717) is 0 Å². The first-order chi connectivity index (χ1) is 8.61. The van der Waals surface area contributed by atoms with Gasteiger partial charge >= 0.3 is 0 Å². The molecule has 0 nitrogen and oxygen atoms in total. The van der Waals surface area contributed by atoms with E-state index in [-0.39, 0.29) is 0 Å². The van der Waals surface area contributed by atoms with Crippen molar-refractivity contribution in [1.82, 2.24) is 0 Å². The summed E-state index contributed by atoms with van der Waals surface area (Å²) < 4.78 is 0. The molecule has 0 N–H and O–H groups in total. The van der Waals surface area contributed by atoms with Gasteiger partial charge in [0.1, 0.15) is 0 Å². The highest BCUT2D eigenvalue weighted by Crippen LogP contribution is 2.45. The Bertz CT molecular complexity index is 244. The fourth-order valence-corrected chi connectivity index (χ4v) is 4.67. The Morgan fingerprint density at radius 1 is 0.722 bits per heavy atom. The average molecular weight is 250 g/mol. The largest absolute Gasteiger partial charge is 0.0654 e. The molecule has 6 atom stereocenters. The molecule has 0 heteroatoms. The van der Waals surface area contributed by atoms with Gasteiger partial charge in [-0.1, -0.05) is 53.4 Å². The molecular weight excluding hydrogens is 216 g/mol. The zero-order valence-electron chi connectivity index (χ0n) is 13.1. The van der Waals surface area contributed by atoms with Crippen molar-refractivity contribution < 1.29 is 0 Å². The molecule has 0 aliphatic heterocycles. The first-order valence-electron chi connectivity index (χ1n) is 8.61. The lowest BCUT2D eigenvalue weighted by atomic mass is 9.63. The summed E-state index contributed by atoms with van der Waals surface area (Å²) in [6.45, 7) is 9.82. The average Bonchev–Trinajstić information content (AvgIpc) is 2.36. The molecule has 0 saturated heterocycles. The molecule has 0 aromatic heterocycles. The van der Waals surface area contributed by atoms with E-state index in [2.05, 4.69) is 27.7 Å². The van der Waals surface area contributed by atoms with Crippen molar-refractivity contribution in [2.45, 2.75) is 79.1 Å². The topological polar surface area (TPSA) is 0 Å². The monoisotopic (exact) mass is 250 g/mol. The lowest BCUT2D eigenvalue weighted by molar-refractivity contribution is 0.0865. The highest BCUT2D eigenvalue weighted by atomic mass is 14.4. The molecule has 0 spiro atoms. The summed E-state index contributed by atoms with van der Waals surface area (Å²) in [6.07, 6.45) is 12.0. The van der Waals surface area contributed by atoms with Crippen molar-refractivity contribution in [2.24, 2.45) is 35.5 Å². The highest BCUT2D eigenvalue weighted by Gasteiger charge is 2.35. The molecule has 0 bridgehead atoms. The molecule has 0 aromatic carbocycles. The summed E-state index contributed by atoms with van der Waals surface area (Å²) in [5.41, 5.74) is 0. The SMILES string of the molecule is CCCC1CC(C2CCC(C)C(C)C2)CCC1C. The van der Waals surface area contributed by atoms with E-state index in [9.17, 15) is 0 Å². The van der Waals surface area contributed by atoms with E-state index in [1.807, 2.05) is 0 Å². The van der Waals surface area contributed by atoms with Crippen LogP contribution in [0.25, 0.3) is 0 Å². The third kappa shape index (κ3) is 3.31. The van der Waals surface area contributed by atoms with E-state index in [1.54, 1.807) is 6.42 Å². The minimum absolute atomic E-state index is 0.979. The maximum atomic E-state index is 2.50. The zero-order valence-corrected chi connectivity index (χ0v) is 13.1. The van der Waals surface area contributed by atoms with Gasteiger partial charge in [0.25, 0.3) is 0 Å². The summed E-state index contributed by atoms with van der Waals surface area (Å²) in [5.74, 6) is 6.16. The summed E-state index contributed by atoms with van der Waals surface area (Å²) in [6, 6.07) is 0. The Hall–Kier alpha value is 0. The number of rotatable bonds is 3. The van der Waals surface area contributed by atoms with Crippen LogP contribution in [0, 0.1) is 35.5 Å². The maximum absolute atomic E-state index is 2.50. The first-order valence-corrected chi connectivity index (χ1v) is 8.61. The van der Waals surface area contributed by atoms with Gasteiger partial charge in [0.05, 0.1) is 0 Å². The second-order valence-corrected chi connectivity index (χ2v) is 7.63. The Morgan fingerprint density at radius 3 is 1.94 bits per heavy atom. The molecular formula is C18H34. The Balaban J connectivity index is 1.89. The van der Waals surface area contributed by atoms with Crippen LogP contribution >= 0.6 is 0 Å². The predicted octanol–water partition coefficient (Wildman–Crippen LogP) is 5.91. The van der Waals surface area contributed by atoms with Gasteiger partial charge in [-0.25, -0.2) is 0 Å². The molecule has 2 rings (SSSR count). The van der Waals surface area contributed by atoms with Gasteiger partial charge in [-0.05, 0) is 61.2 Å². The summed E-state index contributed by atoms with van der Waals surface area (Å²) in [4.78, 5) is 0. The molecule has 6 unspecified atom stereocenters. The number of hydrogen-bond donors (Lipinski definition) is 0. The van der Waals surface area contributed by atoms with Gasteiger partial charge in [-0.15, -0.1) is 0 Å². The van der Waals surface area contributed by atoms with Crippen molar-refractivity contribution in [3.8, 4) is 0 Å². The van der Waals surface area contributed by atoms with E-state index in [1.165, 1.54) is 44.9 Å². The van der Waals surface area contributed by atoms with Crippen LogP contribution < -0.4 is 0 Å². The summed E-state index contributed by atoms with van der Waals surface area (Å²) in [5, 5.41) is 0. The van der Waals surface area contributed by atoms with Crippen LogP contribution in [-0.2, 0) is 0 Å². The van der Waals surface area contributed by atoms with Crippen LogP contribution in [0.5, 0.6) is 0 Å². The normalized spacial score (nSPS) is 46.0. The van der Waals surface area contributed by atoms with E-state index < -0.39 is 0 Å². The summed E-state index contributed by atoms with van der Waals surface area (Å²) in [7, 11) is 0. The third-order valence-corrected chi connectivity index (χ3v) is 6.37.